The van der Waals surface area contributed by atoms with E-state index in [0.717, 1.165) is 34.5 Å². The Morgan fingerprint density at radius 3 is 0.786 bits per heavy atom. The topological polar surface area (TPSA) is 27.7 Å². The van der Waals surface area contributed by atoms with E-state index in [9.17, 15) is 0 Å². The van der Waals surface area contributed by atoms with Crippen LogP contribution in [-0.4, -0.2) is 0 Å². The molecule has 0 spiro atoms. The van der Waals surface area contributed by atoms with E-state index in [4.69, 9.17) is 14.2 Å². The Bertz CT molecular complexity index is 1390. The van der Waals surface area contributed by atoms with Gasteiger partial charge in [0.15, 0.2) is 23.0 Å². The van der Waals surface area contributed by atoms with Gasteiger partial charge >= 0.3 is 0 Å². The molecule has 3 aliphatic heterocycles. The van der Waals surface area contributed by atoms with Crippen molar-refractivity contribution in [1.29, 1.82) is 0 Å². The van der Waals surface area contributed by atoms with Crippen LogP contribution in [-0.2, 0) is 0 Å². The fourth-order valence-electron chi connectivity index (χ4n) is 4.42. The van der Waals surface area contributed by atoms with E-state index in [1.165, 1.54) is 29.4 Å². The zero-order valence-electron chi connectivity index (χ0n) is 22.3. The highest BCUT2D eigenvalue weighted by Crippen LogP contribution is 2.48. The molecule has 0 aliphatic carbocycles. The number of hydrogen-bond donors (Lipinski definition) is 0. The van der Waals surface area contributed by atoms with Crippen molar-refractivity contribution in [3.8, 4) is 34.5 Å². The maximum Gasteiger partial charge on any atom is 0.170 e. The molecule has 6 aromatic carbocycles. The first-order valence-electron chi connectivity index (χ1n) is 13.4. The van der Waals surface area contributed by atoms with Gasteiger partial charge in [-0.2, -0.15) is 0 Å². The summed E-state index contributed by atoms with van der Waals surface area (Å²) in [7, 11) is 0. The fourth-order valence-corrected chi connectivity index (χ4v) is 7.61. The predicted octanol–water partition coefficient (Wildman–Crippen LogP) is 11.8. The summed E-state index contributed by atoms with van der Waals surface area (Å²) in [6.07, 6.45) is 0. The third-order valence-corrected chi connectivity index (χ3v) is 10.1. The van der Waals surface area contributed by atoms with Crippen molar-refractivity contribution < 1.29 is 14.2 Å². The first-order chi connectivity index (χ1) is 20.8. The molecule has 0 saturated carbocycles. The third-order valence-electron chi connectivity index (χ3n) is 6.41. The molecule has 3 nitrogen and oxygen atoms in total. The second-order valence-corrected chi connectivity index (χ2v) is 12.5. The molecule has 6 aromatic rings. The summed E-state index contributed by atoms with van der Waals surface area (Å²) in [4.78, 5) is 7.86. The van der Waals surface area contributed by atoms with E-state index in [-0.39, 0.29) is 0 Å². The smallest absolute Gasteiger partial charge is 0.170 e. The molecule has 0 saturated heterocycles. The van der Waals surface area contributed by atoms with E-state index in [1.54, 1.807) is 11.8 Å². The summed E-state index contributed by atoms with van der Waals surface area (Å²) < 4.78 is 17.1. The first kappa shape index (κ1) is 26.7. The van der Waals surface area contributed by atoms with Crippen molar-refractivity contribution in [2.45, 2.75) is 29.4 Å². The zero-order chi connectivity index (χ0) is 28.1. The van der Waals surface area contributed by atoms with Crippen LogP contribution in [0, 0.1) is 0 Å². The van der Waals surface area contributed by atoms with Crippen LogP contribution in [0.25, 0.3) is 0 Å². The van der Waals surface area contributed by atoms with Crippen molar-refractivity contribution >= 4 is 35.3 Å². The van der Waals surface area contributed by atoms with Crippen LogP contribution in [0.5, 0.6) is 34.5 Å². The van der Waals surface area contributed by atoms with Gasteiger partial charge in [-0.25, -0.2) is 0 Å². The van der Waals surface area contributed by atoms with Gasteiger partial charge in [-0.05, 0) is 72.8 Å². The molecule has 204 valence electrons. The minimum absolute atomic E-state index is 0.770. The van der Waals surface area contributed by atoms with E-state index in [2.05, 4.69) is 60.7 Å². The summed E-state index contributed by atoms with van der Waals surface area (Å²) in [6.45, 7) is 0. The highest BCUT2D eigenvalue weighted by Gasteiger charge is 2.18. The van der Waals surface area contributed by atoms with Crippen molar-refractivity contribution in [2.24, 2.45) is 0 Å². The van der Waals surface area contributed by atoms with Crippen LogP contribution in [0.1, 0.15) is 0 Å². The van der Waals surface area contributed by atoms with E-state index >= 15 is 0 Å². The summed E-state index contributed by atoms with van der Waals surface area (Å²) in [6, 6.07) is 48.6. The normalized spacial score (nSPS) is 12.6. The highest BCUT2D eigenvalue weighted by molar-refractivity contribution is 8.05. The van der Waals surface area contributed by atoms with Crippen molar-refractivity contribution in [3.63, 3.8) is 0 Å². The van der Waals surface area contributed by atoms with Crippen LogP contribution in [0.15, 0.2) is 175 Å². The molecule has 6 heteroatoms. The average molecular weight is 601 g/mol. The van der Waals surface area contributed by atoms with Gasteiger partial charge in [0, 0.05) is 19.6 Å². The quantitative estimate of drug-likeness (QED) is 0.172. The Morgan fingerprint density at radius 1 is 0.238 bits per heavy atom. The first-order valence-corrected chi connectivity index (χ1v) is 15.9. The molecule has 0 bridgehead atoms. The molecule has 0 radical (unpaired) electrons. The largest absolute Gasteiger partial charge is 0.455 e. The van der Waals surface area contributed by atoms with Gasteiger partial charge in [0.25, 0.3) is 0 Å². The monoisotopic (exact) mass is 600 g/mol. The molecule has 0 fully saturated rings. The minimum Gasteiger partial charge on any atom is -0.455 e. The highest BCUT2D eigenvalue weighted by atomic mass is 32.2. The number of ether oxygens (including phenoxy) is 3. The molecule has 0 aromatic heterocycles. The average Bonchev–Trinajstić information content (AvgIpc) is 3.06. The van der Waals surface area contributed by atoms with E-state index in [1.807, 2.05) is 108 Å². The summed E-state index contributed by atoms with van der Waals surface area (Å²) in [5.41, 5.74) is 0. The van der Waals surface area contributed by atoms with Gasteiger partial charge < -0.3 is 14.2 Å². The molecule has 0 N–H and O–H groups in total. The predicted molar refractivity (Wildman–Crippen MR) is 171 cm³/mol. The number of fused-ring (bicyclic) bond motifs is 6. The van der Waals surface area contributed by atoms with Crippen molar-refractivity contribution in [2.75, 3.05) is 0 Å². The molecular weight excluding hydrogens is 577 g/mol. The number of para-hydroxylation sites is 6. The molecular formula is C36H24O3S3. The Hall–Kier alpha value is -4.23. The summed E-state index contributed by atoms with van der Waals surface area (Å²) in [5, 5.41) is 0. The molecule has 3 aliphatic rings. The number of benzene rings is 6. The lowest BCUT2D eigenvalue weighted by molar-refractivity contribution is 0.359. The van der Waals surface area contributed by atoms with Gasteiger partial charge in [-0.3, -0.25) is 0 Å². The van der Waals surface area contributed by atoms with Crippen LogP contribution in [0.4, 0.5) is 0 Å². The number of hydrogen-bond acceptors (Lipinski definition) is 6. The Morgan fingerprint density at radius 2 is 0.452 bits per heavy atom. The lowest BCUT2D eigenvalue weighted by Gasteiger charge is -2.19. The maximum atomic E-state index is 5.76. The SMILES string of the molecule is c1ccc2c(c1)Oc1ccccc1O2.c1ccc2c(c1)Oc1ccccc1S2.c1ccc2c(c1)Sc1ccccc1S2. The van der Waals surface area contributed by atoms with Gasteiger partial charge in [0.2, 0.25) is 0 Å². The van der Waals surface area contributed by atoms with Crippen molar-refractivity contribution in [1.82, 2.24) is 0 Å². The molecule has 9 rings (SSSR count). The Labute approximate surface area is 257 Å². The lowest BCUT2D eigenvalue weighted by atomic mass is 10.2. The molecule has 42 heavy (non-hydrogen) atoms. The molecule has 0 unspecified atom stereocenters. The van der Waals surface area contributed by atoms with Gasteiger partial charge in [0.1, 0.15) is 11.5 Å². The third kappa shape index (κ3) is 5.88. The van der Waals surface area contributed by atoms with E-state index < -0.39 is 0 Å². The molecule has 3 heterocycles. The van der Waals surface area contributed by atoms with Crippen LogP contribution >= 0.6 is 35.3 Å². The van der Waals surface area contributed by atoms with Gasteiger partial charge in [-0.1, -0.05) is 108 Å². The number of rotatable bonds is 0. The standard InChI is InChI=1S/C12H8O2.C12H8OS.C12H8S2/c1-2-6-10-9(5-1)13-11-7-3-4-8-12(11)14-10;1-3-7-11-9(5-1)13-10-6-2-4-8-12(10)14-11;1-2-6-10-9(5-1)13-11-7-3-4-8-12(11)14-10/h3*1-8H. The summed E-state index contributed by atoms with van der Waals surface area (Å²) >= 11 is 5.48. The Balaban J connectivity index is 0.000000103. The van der Waals surface area contributed by atoms with E-state index in [0.29, 0.717) is 0 Å². The zero-order valence-corrected chi connectivity index (χ0v) is 24.8. The fraction of sp³-hybridized carbons (Fsp3) is 0. The molecule has 0 atom stereocenters. The Kier molecular flexibility index (Phi) is 7.83. The summed E-state index contributed by atoms with van der Waals surface area (Å²) in [5.74, 6) is 4.99. The second kappa shape index (κ2) is 12.3. The maximum absolute atomic E-state index is 5.76. The van der Waals surface area contributed by atoms with Crippen molar-refractivity contribution in [3.05, 3.63) is 146 Å². The van der Waals surface area contributed by atoms with Gasteiger partial charge in [0.05, 0.1) is 9.79 Å². The minimum atomic E-state index is 0.770. The van der Waals surface area contributed by atoms with Crippen LogP contribution < -0.4 is 14.2 Å². The lowest BCUT2D eigenvalue weighted by Crippen LogP contribution is -1.97. The van der Waals surface area contributed by atoms with Crippen LogP contribution in [0.2, 0.25) is 0 Å². The molecule has 0 amide bonds. The van der Waals surface area contributed by atoms with Crippen LogP contribution in [0.3, 0.4) is 0 Å². The second-order valence-electron chi connectivity index (χ2n) is 9.29. The van der Waals surface area contributed by atoms with Gasteiger partial charge in [-0.15, -0.1) is 0 Å².